The Morgan fingerprint density at radius 3 is 2.67 bits per heavy atom. The predicted octanol–water partition coefficient (Wildman–Crippen LogP) is 2.98. The van der Waals surface area contributed by atoms with Crippen LogP contribution in [0.3, 0.4) is 0 Å². The SMILES string of the molecule is CCCCC(F)(F)[C@@]1(O)CC[C@H]2[C@@H](CC(=O)[C@@H]2CCCCCCC(=O)[O-])O1. The summed E-state index contributed by atoms with van der Waals surface area (Å²) in [4.78, 5) is 22.7. The average Bonchev–Trinajstić information content (AvgIpc) is 2.90. The van der Waals surface area contributed by atoms with E-state index in [1.54, 1.807) is 0 Å². The van der Waals surface area contributed by atoms with Crippen LogP contribution in [0.1, 0.15) is 84.0 Å². The Labute approximate surface area is 159 Å². The summed E-state index contributed by atoms with van der Waals surface area (Å²) in [7, 11) is 0. The quantitative estimate of drug-likeness (QED) is 0.549. The third-order valence-electron chi connectivity index (χ3n) is 6.04. The molecular formula is C20H31F2O5-. The highest BCUT2D eigenvalue weighted by atomic mass is 19.3. The molecular weight excluding hydrogens is 358 g/mol. The van der Waals surface area contributed by atoms with Crippen molar-refractivity contribution in [1.82, 2.24) is 0 Å². The van der Waals surface area contributed by atoms with Crippen molar-refractivity contribution in [2.45, 2.75) is 102 Å². The van der Waals surface area contributed by atoms with Crippen molar-refractivity contribution in [2.75, 3.05) is 0 Å². The molecule has 1 heterocycles. The van der Waals surface area contributed by atoms with Crippen LogP contribution in [-0.2, 0) is 14.3 Å². The number of fused-ring (bicyclic) bond motifs is 1. The fourth-order valence-electron chi connectivity index (χ4n) is 4.41. The van der Waals surface area contributed by atoms with Crippen molar-refractivity contribution in [2.24, 2.45) is 11.8 Å². The Hall–Kier alpha value is -1.08. The van der Waals surface area contributed by atoms with Crippen molar-refractivity contribution in [1.29, 1.82) is 0 Å². The summed E-state index contributed by atoms with van der Waals surface area (Å²) in [6.07, 6.45) is 3.85. The zero-order chi connectivity index (χ0) is 20.1. The first-order valence-corrected chi connectivity index (χ1v) is 10.2. The molecule has 1 saturated carbocycles. The molecule has 0 aromatic rings. The molecule has 2 rings (SSSR count). The first-order valence-electron chi connectivity index (χ1n) is 10.2. The number of carboxylic acid groups (broad SMARTS) is 1. The van der Waals surface area contributed by atoms with Crippen LogP contribution < -0.4 is 5.11 Å². The number of halogens is 2. The van der Waals surface area contributed by atoms with Gasteiger partial charge in [-0.25, -0.2) is 8.78 Å². The number of aliphatic hydroxyl groups is 1. The van der Waals surface area contributed by atoms with Gasteiger partial charge in [0, 0.05) is 31.1 Å². The van der Waals surface area contributed by atoms with E-state index in [1.165, 1.54) is 0 Å². The molecule has 0 aromatic carbocycles. The summed E-state index contributed by atoms with van der Waals surface area (Å²) >= 11 is 0. The molecule has 0 aromatic heterocycles. The number of rotatable bonds is 11. The van der Waals surface area contributed by atoms with Gasteiger partial charge >= 0.3 is 5.92 Å². The molecule has 0 spiro atoms. The minimum absolute atomic E-state index is 0.0286. The lowest BCUT2D eigenvalue weighted by Crippen LogP contribution is -2.55. The molecule has 1 saturated heterocycles. The van der Waals surface area contributed by atoms with Crippen LogP contribution in [0, 0.1) is 11.8 Å². The highest BCUT2D eigenvalue weighted by molar-refractivity contribution is 5.84. The van der Waals surface area contributed by atoms with E-state index in [2.05, 4.69) is 0 Å². The molecule has 1 aliphatic heterocycles. The molecule has 27 heavy (non-hydrogen) atoms. The molecule has 0 amide bonds. The second-order valence-electron chi connectivity index (χ2n) is 8.05. The maximum Gasteiger partial charge on any atom is 0.300 e. The minimum atomic E-state index is -3.31. The molecule has 5 nitrogen and oxygen atoms in total. The average molecular weight is 389 g/mol. The second kappa shape index (κ2) is 9.41. The highest BCUT2D eigenvalue weighted by Gasteiger charge is 2.59. The van der Waals surface area contributed by atoms with Crippen LogP contribution in [0.4, 0.5) is 8.78 Å². The fourth-order valence-corrected chi connectivity index (χ4v) is 4.41. The number of hydrogen-bond donors (Lipinski definition) is 1. The molecule has 0 bridgehead atoms. The van der Waals surface area contributed by atoms with Gasteiger partial charge in [-0.3, -0.25) is 4.79 Å². The van der Waals surface area contributed by atoms with Gasteiger partial charge in [0.25, 0.3) is 0 Å². The van der Waals surface area contributed by atoms with Gasteiger partial charge in [0.05, 0.1) is 6.10 Å². The number of aliphatic carboxylic acids is 1. The molecule has 7 heteroatoms. The van der Waals surface area contributed by atoms with E-state index in [0.717, 1.165) is 19.3 Å². The van der Waals surface area contributed by atoms with E-state index < -0.39 is 30.2 Å². The minimum Gasteiger partial charge on any atom is -0.550 e. The Bertz CT molecular complexity index is 525. The standard InChI is InChI=1S/C20H32F2O5/c1-2-3-11-19(21,22)20(26)12-10-15-14(16(23)13-17(15)27-20)8-6-4-5-7-9-18(24)25/h14-15,17,26H,2-13H2,1H3,(H,24,25)/p-1/t14-,15-,17-,20-/m1/s1. The van der Waals surface area contributed by atoms with Crippen LogP contribution in [0.25, 0.3) is 0 Å². The van der Waals surface area contributed by atoms with Crippen LogP contribution in [-0.4, -0.2) is 34.7 Å². The van der Waals surface area contributed by atoms with Gasteiger partial charge in [-0.1, -0.05) is 32.6 Å². The third kappa shape index (κ3) is 5.47. The largest absolute Gasteiger partial charge is 0.550 e. The number of carbonyl (C=O) groups is 2. The van der Waals surface area contributed by atoms with Crippen LogP contribution in [0.5, 0.6) is 0 Å². The summed E-state index contributed by atoms with van der Waals surface area (Å²) in [6, 6.07) is 0. The number of hydrogen-bond acceptors (Lipinski definition) is 5. The molecule has 1 N–H and O–H groups in total. The summed E-state index contributed by atoms with van der Waals surface area (Å²) in [5.74, 6) is -7.11. The monoisotopic (exact) mass is 389 g/mol. The molecule has 0 unspecified atom stereocenters. The van der Waals surface area contributed by atoms with Gasteiger partial charge < -0.3 is 19.7 Å². The Morgan fingerprint density at radius 2 is 2.00 bits per heavy atom. The van der Waals surface area contributed by atoms with Gasteiger partial charge in [0.2, 0.25) is 5.79 Å². The molecule has 1 aliphatic carbocycles. The third-order valence-corrected chi connectivity index (χ3v) is 6.04. The van der Waals surface area contributed by atoms with Crippen molar-refractivity contribution < 1.29 is 33.3 Å². The maximum absolute atomic E-state index is 14.4. The van der Waals surface area contributed by atoms with E-state index in [0.29, 0.717) is 32.1 Å². The van der Waals surface area contributed by atoms with Crippen LogP contribution in [0.15, 0.2) is 0 Å². The van der Waals surface area contributed by atoms with E-state index >= 15 is 0 Å². The smallest absolute Gasteiger partial charge is 0.300 e. The molecule has 2 fully saturated rings. The normalized spacial score (nSPS) is 31.1. The van der Waals surface area contributed by atoms with Gasteiger partial charge in [-0.2, -0.15) is 0 Å². The second-order valence-corrected chi connectivity index (χ2v) is 8.05. The van der Waals surface area contributed by atoms with E-state index in [1.807, 2.05) is 6.92 Å². The van der Waals surface area contributed by atoms with Crippen molar-refractivity contribution in [3.63, 3.8) is 0 Å². The highest BCUT2D eigenvalue weighted by Crippen LogP contribution is 2.49. The van der Waals surface area contributed by atoms with Crippen LogP contribution in [0.2, 0.25) is 0 Å². The molecule has 4 atom stereocenters. The fraction of sp³-hybridized carbons (Fsp3) is 0.900. The lowest BCUT2D eigenvalue weighted by atomic mass is 9.81. The first kappa shape index (κ1) is 22.2. The van der Waals surface area contributed by atoms with E-state index in [9.17, 15) is 28.6 Å². The van der Waals surface area contributed by atoms with Gasteiger partial charge in [-0.05, 0) is 38.0 Å². The Balaban J connectivity index is 1.84. The first-order chi connectivity index (χ1) is 12.7. The molecule has 2 aliphatic rings. The van der Waals surface area contributed by atoms with Gasteiger partial charge in [-0.15, -0.1) is 0 Å². The zero-order valence-electron chi connectivity index (χ0n) is 16.1. The predicted molar refractivity (Wildman–Crippen MR) is 92.8 cm³/mol. The summed E-state index contributed by atoms with van der Waals surface area (Å²) in [6.45, 7) is 1.82. The van der Waals surface area contributed by atoms with Crippen LogP contribution >= 0.6 is 0 Å². The lowest BCUT2D eigenvalue weighted by molar-refractivity contribution is -0.356. The number of carbonyl (C=O) groups excluding carboxylic acids is 2. The summed E-state index contributed by atoms with van der Waals surface area (Å²) in [5, 5.41) is 20.8. The lowest BCUT2D eigenvalue weighted by Gasteiger charge is -2.43. The number of ether oxygens (including phenoxy) is 1. The summed E-state index contributed by atoms with van der Waals surface area (Å²) in [5.41, 5.74) is 0. The number of alkyl halides is 2. The van der Waals surface area contributed by atoms with Gasteiger partial charge in [0.1, 0.15) is 5.78 Å². The molecule has 0 radical (unpaired) electrons. The number of carboxylic acids is 1. The summed E-state index contributed by atoms with van der Waals surface area (Å²) < 4.78 is 34.3. The number of Topliss-reactive ketones (excluding diaryl/α,β-unsaturated/α-hetero) is 1. The zero-order valence-corrected chi connectivity index (χ0v) is 16.1. The van der Waals surface area contributed by atoms with E-state index in [-0.39, 0.29) is 36.9 Å². The molecule has 156 valence electrons. The van der Waals surface area contributed by atoms with Crippen molar-refractivity contribution in [3.8, 4) is 0 Å². The van der Waals surface area contributed by atoms with Crippen molar-refractivity contribution >= 4 is 11.8 Å². The number of ketones is 1. The van der Waals surface area contributed by atoms with Gasteiger partial charge in [0.15, 0.2) is 0 Å². The van der Waals surface area contributed by atoms with Crippen molar-refractivity contribution in [3.05, 3.63) is 0 Å². The topological polar surface area (TPSA) is 86.7 Å². The Morgan fingerprint density at radius 1 is 1.30 bits per heavy atom. The number of unbranched alkanes of at least 4 members (excludes halogenated alkanes) is 4. The Kier molecular flexibility index (Phi) is 7.74. The van der Waals surface area contributed by atoms with E-state index in [4.69, 9.17) is 4.74 Å². The maximum atomic E-state index is 14.4.